The van der Waals surface area contributed by atoms with E-state index in [0.717, 1.165) is 30.4 Å². The van der Waals surface area contributed by atoms with E-state index < -0.39 is 10.0 Å². The molecule has 1 aromatic carbocycles. The van der Waals surface area contributed by atoms with Gasteiger partial charge in [0.2, 0.25) is 10.0 Å². The number of aryl methyl sites for hydroxylation is 1. The third-order valence-electron chi connectivity index (χ3n) is 6.41. The number of sulfonamides is 1. The normalized spacial score (nSPS) is 19.6. The minimum atomic E-state index is -3.60. The van der Waals surface area contributed by atoms with Gasteiger partial charge < -0.3 is 10.5 Å². The van der Waals surface area contributed by atoms with Crippen LogP contribution >= 0.6 is 0 Å². The van der Waals surface area contributed by atoms with Gasteiger partial charge in [0, 0.05) is 31.9 Å². The molecule has 2 aliphatic rings. The first-order chi connectivity index (χ1) is 14.4. The minimum Gasteiger partial charge on any atom is -0.381 e. The molecule has 1 spiro atoms. The number of ether oxygens (including phenoxy) is 1. The Morgan fingerprint density at radius 2 is 1.97 bits per heavy atom. The fourth-order valence-electron chi connectivity index (χ4n) is 4.52. The molecule has 2 fully saturated rings. The molecule has 0 amide bonds. The summed E-state index contributed by atoms with van der Waals surface area (Å²) >= 11 is 0. The van der Waals surface area contributed by atoms with E-state index in [1.165, 1.54) is 6.33 Å². The van der Waals surface area contributed by atoms with Gasteiger partial charge in [-0.2, -0.15) is 9.40 Å². The Balaban J connectivity index is 1.52. The number of nitrogens with two attached hydrogens (primary N) is 1. The number of anilines is 1. The molecule has 0 saturated carbocycles. The zero-order valence-electron chi connectivity index (χ0n) is 16.8. The van der Waals surface area contributed by atoms with Crippen molar-refractivity contribution in [3.63, 3.8) is 0 Å². The molecule has 10 heteroatoms. The highest BCUT2D eigenvalue weighted by Crippen LogP contribution is 2.42. The second kappa shape index (κ2) is 7.00. The summed E-state index contributed by atoms with van der Waals surface area (Å²) in [6.45, 7) is 4.46. The molecular formula is C20H24N6O3S. The average Bonchev–Trinajstić information content (AvgIpc) is 3.35. The van der Waals surface area contributed by atoms with Crippen molar-refractivity contribution in [3.8, 4) is 11.3 Å². The molecule has 0 unspecified atom stereocenters. The number of hydrogen-bond donors (Lipinski definition) is 1. The molecule has 0 bridgehead atoms. The summed E-state index contributed by atoms with van der Waals surface area (Å²) < 4.78 is 35.6. The number of nitrogen functional groups attached to an aromatic ring is 1. The number of hydrogen-bond acceptors (Lipinski definition) is 7. The second-order valence-electron chi connectivity index (χ2n) is 8.20. The van der Waals surface area contributed by atoms with Crippen LogP contribution in [0, 0.1) is 12.3 Å². The quantitative estimate of drug-likeness (QED) is 0.677. The maximum Gasteiger partial charge on any atom is 0.243 e. The Bertz CT molecular complexity index is 1220. The molecule has 0 aliphatic carbocycles. The molecule has 2 aromatic heterocycles. The van der Waals surface area contributed by atoms with E-state index in [1.54, 1.807) is 27.2 Å². The van der Waals surface area contributed by atoms with Crippen LogP contribution in [0.3, 0.4) is 0 Å². The second-order valence-corrected chi connectivity index (χ2v) is 10.1. The van der Waals surface area contributed by atoms with E-state index in [1.807, 2.05) is 13.0 Å². The monoisotopic (exact) mass is 428 g/mol. The van der Waals surface area contributed by atoms with E-state index in [9.17, 15) is 8.42 Å². The molecule has 3 aromatic rings. The third-order valence-corrected chi connectivity index (χ3v) is 8.25. The highest BCUT2D eigenvalue weighted by molar-refractivity contribution is 7.89. The smallest absolute Gasteiger partial charge is 0.243 e. The van der Waals surface area contributed by atoms with E-state index in [0.29, 0.717) is 37.6 Å². The van der Waals surface area contributed by atoms with E-state index in [-0.39, 0.29) is 16.1 Å². The fourth-order valence-corrected chi connectivity index (χ4v) is 6.10. The first kappa shape index (κ1) is 19.4. The molecule has 4 heterocycles. The predicted molar refractivity (Wildman–Crippen MR) is 111 cm³/mol. The zero-order valence-corrected chi connectivity index (χ0v) is 17.6. The van der Waals surface area contributed by atoms with Crippen LogP contribution in [0.1, 0.15) is 24.8 Å². The molecular weight excluding hydrogens is 404 g/mol. The van der Waals surface area contributed by atoms with Gasteiger partial charge in [-0.15, -0.1) is 0 Å². The maximum absolute atomic E-state index is 13.4. The average molecular weight is 429 g/mol. The fraction of sp³-hybridized carbons (Fsp3) is 0.450. The van der Waals surface area contributed by atoms with Crippen LogP contribution in [-0.2, 0) is 14.8 Å². The van der Waals surface area contributed by atoms with Crippen LogP contribution in [0.25, 0.3) is 16.9 Å². The number of nitrogens with zero attached hydrogens (tertiary/aromatic N) is 5. The van der Waals surface area contributed by atoms with Gasteiger partial charge in [-0.25, -0.2) is 22.9 Å². The Morgan fingerprint density at radius 1 is 1.17 bits per heavy atom. The first-order valence-electron chi connectivity index (χ1n) is 10.0. The number of aromatic nitrogens is 4. The Hall–Kier alpha value is -2.56. The lowest BCUT2D eigenvalue weighted by Gasteiger charge is -2.33. The van der Waals surface area contributed by atoms with Crippen molar-refractivity contribution in [2.45, 2.75) is 31.1 Å². The van der Waals surface area contributed by atoms with Gasteiger partial charge >= 0.3 is 0 Å². The number of rotatable bonds is 3. The van der Waals surface area contributed by atoms with Crippen molar-refractivity contribution < 1.29 is 13.2 Å². The van der Waals surface area contributed by atoms with Gasteiger partial charge in [-0.1, -0.05) is 6.07 Å². The van der Waals surface area contributed by atoms with Crippen LogP contribution in [0.2, 0.25) is 0 Å². The molecule has 0 radical (unpaired) electrons. The van der Waals surface area contributed by atoms with Crippen molar-refractivity contribution in [3.05, 3.63) is 36.3 Å². The molecule has 30 heavy (non-hydrogen) atoms. The van der Waals surface area contributed by atoms with Gasteiger partial charge in [0.1, 0.15) is 6.33 Å². The lowest BCUT2D eigenvalue weighted by molar-refractivity contribution is 0.0222. The van der Waals surface area contributed by atoms with Crippen molar-refractivity contribution in [2.24, 2.45) is 5.41 Å². The van der Waals surface area contributed by atoms with Crippen LogP contribution < -0.4 is 5.73 Å². The van der Waals surface area contributed by atoms with Gasteiger partial charge in [-0.3, -0.25) is 0 Å². The molecule has 2 saturated heterocycles. The van der Waals surface area contributed by atoms with Crippen molar-refractivity contribution in [1.82, 2.24) is 23.9 Å². The van der Waals surface area contributed by atoms with Crippen LogP contribution in [0.15, 0.2) is 35.6 Å². The molecule has 2 N–H and O–H groups in total. The lowest BCUT2D eigenvalue weighted by atomic mass is 9.80. The van der Waals surface area contributed by atoms with E-state index >= 15 is 0 Å². The number of fused-ring (bicyclic) bond motifs is 1. The maximum atomic E-state index is 13.4. The summed E-state index contributed by atoms with van der Waals surface area (Å²) in [6, 6.07) is 5.21. The van der Waals surface area contributed by atoms with Gasteiger partial charge in [0.05, 0.1) is 16.8 Å². The third kappa shape index (κ3) is 3.06. The summed E-state index contributed by atoms with van der Waals surface area (Å²) in [5.41, 5.74) is 8.74. The van der Waals surface area contributed by atoms with Gasteiger partial charge in [-0.05, 0) is 49.3 Å². The standard InChI is InChI=1S/C20H24N6O3S/c1-14-2-3-15(10-16(14)17-11-22-19-18(21)23-13-24-26(17)19)30(27,28)25-7-4-20(12-25)5-8-29-9-6-20/h2-3,10-11,13H,4-9,12H2,1H3,(H2,21,23,24). The Labute approximate surface area is 174 Å². The zero-order chi connectivity index (χ0) is 20.9. The Morgan fingerprint density at radius 3 is 2.77 bits per heavy atom. The summed E-state index contributed by atoms with van der Waals surface area (Å²) in [5, 5.41) is 4.24. The number of benzene rings is 1. The van der Waals surface area contributed by atoms with E-state index in [2.05, 4.69) is 15.1 Å². The van der Waals surface area contributed by atoms with E-state index in [4.69, 9.17) is 10.5 Å². The van der Waals surface area contributed by atoms with Crippen molar-refractivity contribution >= 4 is 21.5 Å². The van der Waals surface area contributed by atoms with Crippen LogP contribution in [0.5, 0.6) is 0 Å². The van der Waals surface area contributed by atoms with Crippen LogP contribution in [0.4, 0.5) is 5.82 Å². The van der Waals surface area contributed by atoms with Gasteiger partial charge in [0.15, 0.2) is 11.5 Å². The summed E-state index contributed by atoms with van der Waals surface area (Å²) in [4.78, 5) is 8.54. The first-order valence-corrected chi connectivity index (χ1v) is 11.5. The predicted octanol–water partition coefficient (Wildman–Crippen LogP) is 1.87. The summed E-state index contributed by atoms with van der Waals surface area (Å²) in [5.74, 6) is 0.275. The molecule has 5 rings (SSSR count). The molecule has 0 atom stereocenters. The van der Waals surface area contributed by atoms with Gasteiger partial charge in [0.25, 0.3) is 0 Å². The SMILES string of the molecule is Cc1ccc(S(=O)(=O)N2CCC3(CCOCC3)C2)cc1-c1cnc2c(N)ncnn12. The molecule has 9 nitrogen and oxygen atoms in total. The summed E-state index contributed by atoms with van der Waals surface area (Å²) in [7, 11) is -3.60. The van der Waals surface area contributed by atoms with Crippen molar-refractivity contribution in [2.75, 3.05) is 32.0 Å². The summed E-state index contributed by atoms with van der Waals surface area (Å²) in [6.07, 6.45) is 5.73. The highest BCUT2D eigenvalue weighted by Gasteiger charge is 2.43. The molecule has 2 aliphatic heterocycles. The lowest BCUT2D eigenvalue weighted by Crippen LogP contribution is -2.35. The van der Waals surface area contributed by atoms with Crippen LogP contribution in [-0.4, -0.2) is 58.6 Å². The van der Waals surface area contributed by atoms with Crippen molar-refractivity contribution in [1.29, 1.82) is 0 Å². The largest absolute Gasteiger partial charge is 0.381 e. The minimum absolute atomic E-state index is 0.0505. The highest BCUT2D eigenvalue weighted by atomic mass is 32.2. The number of imidazole rings is 1. The Kier molecular flexibility index (Phi) is 4.53. The topological polar surface area (TPSA) is 116 Å². The molecule has 158 valence electrons.